The number of hydrogen-bond donors (Lipinski definition) is 1. The van der Waals surface area contributed by atoms with Crippen LogP contribution in [0.15, 0.2) is 41.3 Å². The van der Waals surface area contributed by atoms with E-state index < -0.39 is 0 Å². The number of carbonyl (C=O) groups is 1. The molecule has 1 aliphatic heterocycles. The second-order valence-electron chi connectivity index (χ2n) is 5.32. The van der Waals surface area contributed by atoms with E-state index in [0.29, 0.717) is 11.3 Å². The first-order chi connectivity index (χ1) is 11.7. The molecule has 0 spiro atoms. The van der Waals surface area contributed by atoms with Gasteiger partial charge in [0.05, 0.1) is 23.8 Å². The van der Waals surface area contributed by atoms with E-state index in [-0.39, 0.29) is 5.91 Å². The molecule has 0 unspecified atom stereocenters. The van der Waals surface area contributed by atoms with Crippen LogP contribution in [0.5, 0.6) is 5.75 Å². The summed E-state index contributed by atoms with van der Waals surface area (Å²) in [4.78, 5) is 12.9. The van der Waals surface area contributed by atoms with Crippen molar-refractivity contribution in [2.24, 2.45) is 12.1 Å². The Bertz CT molecular complexity index is 1000. The molecule has 0 saturated carbocycles. The van der Waals surface area contributed by atoms with Gasteiger partial charge in [0.2, 0.25) is 0 Å². The molecule has 7 nitrogen and oxygen atoms in total. The molecule has 0 bridgehead atoms. The molecule has 8 heteroatoms. The van der Waals surface area contributed by atoms with Gasteiger partial charge < -0.3 is 9.30 Å². The van der Waals surface area contributed by atoms with Crippen LogP contribution in [0.25, 0.3) is 17.0 Å². The van der Waals surface area contributed by atoms with Crippen molar-refractivity contribution in [2.75, 3.05) is 7.11 Å². The maximum Gasteiger partial charge on any atom is 0.273 e. The molecule has 3 aromatic rings. The summed E-state index contributed by atoms with van der Waals surface area (Å²) in [6.45, 7) is 0. The standard InChI is InChI=1S/C16H13N5O2S/c1-21-8-9(11-6-10(23-2)3-4-13(11)21)5-12-15(18-19-16(12)22)14-7-17-20-24-14/h3-8H,1-2H3,(H,19,22)/b12-5-. The second kappa shape index (κ2) is 5.57. The van der Waals surface area contributed by atoms with Crippen molar-refractivity contribution in [2.45, 2.75) is 0 Å². The third kappa shape index (κ3) is 2.28. The smallest absolute Gasteiger partial charge is 0.273 e. The molecule has 4 rings (SSSR count). The van der Waals surface area contributed by atoms with Crippen LogP contribution in [-0.2, 0) is 11.8 Å². The highest BCUT2D eigenvalue weighted by molar-refractivity contribution is 7.08. The van der Waals surface area contributed by atoms with Gasteiger partial charge in [-0.15, -0.1) is 5.10 Å². The van der Waals surface area contributed by atoms with Gasteiger partial charge in [-0.25, -0.2) is 5.43 Å². The lowest BCUT2D eigenvalue weighted by Crippen LogP contribution is -2.13. The lowest BCUT2D eigenvalue weighted by atomic mass is 10.1. The molecule has 120 valence electrons. The van der Waals surface area contributed by atoms with Crippen LogP contribution in [0, 0.1) is 0 Å². The van der Waals surface area contributed by atoms with Crippen molar-refractivity contribution >= 4 is 40.1 Å². The molecular weight excluding hydrogens is 326 g/mol. The number of nitrogens with zero attached hydrogens (tertiary/aromatic N) is 4. The average molecular weight is 339 g/mol. The molecule has 1 amide bonds. The zero-order valence-electron chi connectivity index (χ0n) is 13.0. The summed E-state index contributed by atoms with van der Waals surface area (Å²) in [5.41, 5.74) is 5.54. The topological polar surface area (TPSA) is 81.4 Å². The Kier molecular flexibility index (Phi) is 3.39. The van der Waals surface area contributed by atoms with Crippen LogP contribution >= 0.6 is 11.5 Å². The number of nitrogens with one attached hydrogen (secondary N) is 1. The lowest BCUT2D eigenvalue weighted by Gasteiger charge is -2.01. The van der Waals surface area contributed by atoms with Crippen LogP contribution < -0.4 is 10.2 Å². The van der Waals surface area contributed by atoms with E-state index in [2.05, 4.69) is 20.1 Å². The molecular formula is C16H13N5O2S. The first-order valence-corrected chi connectivity index (χ1v) is 7.95. The van der Waals surface area contributed by atoms with Crippen molar-refractivity contribution in [1.82, 2.24) is 19.6 Å². The minimum Gasteiger partial charge on any atom is -0.497 e. The van der Waals surface area contributed by atoms with Gasteiger partial charge in [-0.2, -0.15) is 5.10 Å². The van der Waals surface area contributed by atoms with Crippen molar-refractivity contribution in [3.05, 3.63) is 46.6 Å². The number of amides is 1. The van der Waals surface area contributed by atoms with E-state index in [1.54, 1.807) is 13.3 Å². The van der Waals surface area contributed by atoms with Gasteiger partial charge in [-0.05, 0) is 35.8 Å². The highest BCUT2D eigenvalue weighted by Crippen LogP contribution is 2.28. The molecule has 1 aromatic carbocycles. The van der Waals surface area contributed by atoms with Gasteiger partial charge in [0.25, 0.3) is 5.91 Å². The molecule has 0 radical (unpaired) electrons. The summed E-state index contributed by atoms with van der Waals surface area (Å²) in [5.74, 6) is 0.531. The molecule has 2 aromatic heterocycles. The van der Waals surface area contributed by atoms with Gasteiger partial charge >= 0.3 is 0 Å². The third-order valence-corrected chi connectivity index (χ3v) is 4.56. The lowest BCUT2D eigenvalue weighted by molar-refractivity contribution is -0.116. The molecule has 0 fully saturated rings. The van der Waals surface area contributed by atoms with E-state index in [1.165, 1.54) is 11.5 Å². The normalized spacial score (nSPS) is 15.8. The second-order valence-corrected chi connectivity index (χ2v) is 6.11. The molecule has 3 heterocycles. The van der Waals surface area contributed by atoms with E-state index in [9.17, 15) is 4.79 Å². The Morgan fingerprint density at radius 1 is 1.38 bits per heavy atom. The zero-order valence-corrected chi connectivity index (χ0v) is 13.8. The largest absolute Gasteiger partial charge is 0.497 e. The Balaban J connectivity index is 1.87. The fraction of sp³-hybridized carbons (Fsp3) is 0.125. The minimum absolute atomic E-state index is 0.238. The number of aryl methyl sites for hydroxylation is 1. The number of fused-ring (bicyclic) bond motifs is 1. The van der Waals surface area contributed by atoms with Gasteiger partial charge in [0.1, 0.15) is 11.5 Å². The van der Waals surface area contributed by atoms with Crippen LogP contribution in [0.3, 0.4) is 0 Å². The van der Waals surface area contributed by atoms with Gasteiger partial charge in [0, 0.05) is 29.7 Å². The fourth-order valence-electron chi connectivity index (χ4n) is 2.73. The summed E-state index contributed by atoms with van der Waals surface area (Å²) in [7, 11) is 3.60. The number of hydrazone groups is 1. The highest BCUT2D eigenvalue weighted by atomic mass is 32.1. The first kappa shape index (κ1) is 14.6. The van der Waals surface area contributed by atoms with Crippen LogP contribution in [-0.4, -0.2) is 32.9 Å². The van der Waals surface area contributed by atoms with E-state index in [4.69, 9.17) is 4.74 Å². The first-order valence-electron chi connectivity index (χ1n) is 7.18. The molecule has 0 saturated heterocycles. The van der Waals surface area contributed by atoms with Crippen LogP contribution in [0.1, 0.15) is 10.4 Å². The van der Waals surface area contributed by atoms with Crippen LogP contribution in [0.4, 0.5) is 0 Å². The SMILES string of the molecule is COc1ccc2c(c1)c(/C=C1\C(=O)NN=C1c1cnns1)cn2C. The summed E-state index contributed by atoms with van der Waals surface area (Å²) in [6, 6.07) is 5.87. The third-order valence-electron chi connectivity index (χ3n) is 3.89. The Morgan fingerprint density at radius 2 is 2.25 bits per heavy atom. The fourth-order valence-corrected chi connectivity index (χ4v) is 3.25. The van der Waals surface area contributed by atoms with Crippen molar-refractivity contribution in [3.63, 3.8) is 0 Å². The monoisotopic (exact) mass is 339 g/mol. The number of rotatable bonds is 3. The number of carbonyl (C=O) groups excluding carboxylic acids is 1. The predicted molar refractivity (Wildman–Crippen MR) is 92.0 cm³/mol. The number of aromatic nitrogens is 3. The number of hydrogen-bond acceptors (Lipinski definition) is 6. The molecule has 1 N–H and O–H groups in total. The molecule has 0 atom stereocenters. The average Bonchev–Trinajstić information content (AvgIpc) is 3.30. The maximum atomic E-state index is 12.2. The summed E-state index contributed by atoms with van der Waals surface area (Å²) < 4.78 is 11.2. The Morgan fingerprint density at radius 3 is 3.00 bits per heavy atom. The quantitative estimate of drug-likeness (QED) is 0.740. The van der Waals surface area contributed by atoms with Crippen molar-refractivity contribution in [1.29, 1.82) is 0 Å². The summed E-state index contributed by atoms with van der Waals surface area (Å²) >= 11 is 1.20. The zero-order chi connectivity index (χ0) is 16.7. The summed E-state index contributed by atoms with van der Waals surface area (Å²) in [6.07, 6.45) is 5.41. The minimum atomic E-state index is -0.238. The maximum absolute atomic E-state index is 12.2. The van der Waals surface area contributed by atoms with Crippen LogP contribution in [0.2, 0.25) is 0 Å². The van der Waals surface area contributed by atoms with Crippen molar-refractivity contribution < 1.29 is 9.53 Å². The van der Waals surface area contributed by atoms with Gasteiger partial charge in [-0.3, -0.25) is 4.79 Å². The Labute approximate surface area is 141 Å². The number of benzene rings is 1. The highest BCUT2D eigenvalue weighted by Gasteiger charge is 2.26. The van der Waals surface area contributed by atoms with Crippen molar-refractivity contribution in [3.8, 4) is 5.75 Å². The van der Waals surface area contributed by atoms with E-state index in [0.717, 1.165) is 27.1 Å². The predicted octanol–water partition coefficient (Wildman–Crippen LogP) is 1.96. The molecule has 0 aliphatic carbocycles. The molecule has 24 heavy (non-hydrogen) atoms. The summed E-state index contributed by atoms with van der Waals surface area (Å²) in [5, 5.41) is 8.92. The van der Waals surface area contributed by atoms with Gasteiger partial charge in [-0.1, -0.05) is 4.49 Å². The molecule has 1 aliphatic rings. The van der Waals surface area contributed by atoms with E-state index in [1.807, 2.05) is 42.1 Å². The Hall–Kier alpha value is -3.00. The van der Waals surface area contributed by atoms with Gasteiger partial charge in [0.15, 0.2) is 0 Å². The number of ether oxygens (including phenoxy) is 1. The number of methoxy groups -OCH3 is 1. The van der Waals surface area contributed by atoms with E-state index >= 15 is 0 Å².